The SMILES string of the molecule is CC.CC.CCCC.CN(C)C. The molecule has 0 aliphatic rings. The summed E-state index contributed by atoms with van der Waals surface area (Å²) in [7, 11) is 6.00. The van der Waals surface area contributed by atoms with Gasteiger partial charge in [0.25, 0.3) is 0 Å². The third kappa shape index (κ3) is 868. The van der Waals surface area contributed by atoms with Gasteiger partial charge in [0.15, 0.2) is 0 Å². The Hall–Kier alpha value is -0.0400. The number of unbranched alkanes of at least 4 members (excludes halogenated alkanes) is 1. The van der Waals surface area contributed by atoms with Crippen LogP contribution in [0.1, 0.15) is 54.4 Å². The number of hydrogen-bond donors (Lipinski definition) is 0. The molecule has 1 nitrogen and oxygen atoms in total. The van der Waals surface area contributed by atoms with E-state index in [1.165, 1.54) is 12.8 Å². The fourth-order valence-electron chi connectivity index (χ4n) is 0. The van der Waals surface area contributed by atoms with E-state index in [2.05, 4.69) is 13.8 Å². The van der Waals surface area contributed by atoms with Crippen LogP contribution in [-0.4, -0.2) is 26.0 Å². The standard InChI is InChI=1S/C4H10.C3H9N.2C2H6/c1-3-4-2;1-4(2)3;2*1-2/h3-4H2,1-2H3;1-3H3;2*1-2H3. The lowest BCUT2D eigenvalue weighted by Gasteiger charge is -1.90. The Balaban J connectivity index is -0.0000000380. The molecule has 0 aromatic rings. The second-order valence-electron chi connectivity index (χ2n) is 2.34. The minimum atomic E-state index is 1.32. The van der Waals surface area contributed by atoms with Crippen molar-refractivity contribution in [3.05, 3.63) is 0 Å². The summed E-state index contributed by atoms with van der Waals surface area (Å²) in [4.78, 5) is 2.00. The summed E-state index contributed by atoms with van der Waals surface area (Å²) in [5.74, 6) is 0. The van der Waals surface area contributed by atoms with Crippen LogP contribution in [0.15, 0.2) is 0 Å². The molecule has 0 saturated heterocycles. The Morgan fingerprint density at radius 1 is 0.667 bits per heavy atom. The van der Waals surface area contributed by atoms with Crippen LogP contribution < -0.4 is 0 Å². The highest BCUT2D eigenvalue weighted by molar-refractivity contribution is 4.12. The van der Waals surface area contributed by atoms with E-state index < -0.39 is 0 Å². The Labute approximate surface area is 81.2 Å². The molecule has 1 heteroatoms. The van der Waals surface area contributed by atoms with Gasteiger partial charge in [-0.15, -0.1) is 0 Å². The maximum atomic E-state index is 2.18. The van der Waals surface area contributed by atoms with E-state index >= 15 is 0 Å². The van der Waals surface area contributed by atoms with Crippen LogP contribution in [-0.2, 0) is 0 Å². The zero-order valence-electron chi connectivity index (χ0n) is 10.9. The van der Waals surface area contributed by atoms with Gasteiger partial charge in [-0.05, 0) is 21.1 Å². The molecule has 0 amide bonds. The van der Waals surface area contributed by atoms with E-state index in [-0.39, 0.29) is 0 Å². The van der Waals surface area contributed by atoms with E-state index in [0.29, 0.717) is 0 Å². The van der Waals surface area contributed by atoms with Gasteiger partial charge in [-0.25, -0.2) is 0 Å². The van der Waals surface area contributed by atoms with Crippen LogP contribution in [0.3, 0.4) is 0 Å². The maximum absolute atomic E-state index is 2.18. The summed E-state index contributed by atoms with van der Waals surface area (Å²) >= 11 is 0. The number of nitrogens with zero attached hydrogens (tertiary/aromatic N) is 1. The van der Waals surface area contributed by atoms with Crippen molar-refractivity contribution < 1.29 is 0 Å². The molecule has 12 heavy (non-hydrogen) atoms. The zero-order chi connectivity index (χ0) is 11.0. The third-order valence-electron chi connectivity index (χ3n) is 0.500. The molecule has 0 aromatic carbocycles. The number of rotatable bonds is 1. The van der Waals surface area contributed by atoms with Crippen molar-refractivity contribution in [3.8, 4) is 0 Å². The average Bonchev–Trinajstić information content (AvgIpc) is 2.10. The molecule has 0 radical (unpaired) electrons. The monoisotopic (exact) mass is 177 g/mol. The summed E-state index contributed by atoms with van der Waals surface area (Å²) in [6.07, 6.45) is 2.64. The normalized spacial score (nSPS) is 6.50. The molecular formula is C11H31N. The van der Waals surface area contributed by atoms with Crippen molar-refractivity contribution in [2.45, 2.75) is 54.4 Å². The van der Waals surface area contributed by atoms with E-state index in [9.17, 15) is 0 Å². The third-order valence-corrected chi connectivity index (χ3v) is 0.500. The van der Waals surface area contributed by atoms with Crippen LogP contribution >= 0.6 is 0 Å². The molecule has 80 valence electrons. The zero-order valence-corrected chi connectivity index (χ0v) is 10.9. The van der Waals surface area contributed by atoms with E-state index in [1.54, 1.807) is 0 Å². The minimum Gasteiger partial charge on any atom is -0.312 e. The predicted octanol–water partition coefficient (Wildman–Crippen LogP) is 4.04. The fraction of sp³-hybridized carbons (Fsp3) is 1.00. The smallest absolute Gasteiger partial charge is 0.0140 e. The molecule has 0 saturated carbocycles. The lowest BCUT2D eigenvalue weighted by atomic mass is 10.4. The first-order chi connectivity index (χ1) is 5.65. The molecule has 0 bridgehead atoms. The highest BCUT2D eigenvalue weighted by Gasteiger charge is 1.58. The first-order valence-corrected chi connectivity index (χ1v) is 5.26. The summed E-state index contributed by atoms with van der Waals surface area (Å²) in [6, 6.07) is 0. The van der Waals surface area contributed by atoms with Crippen molar-refractivity contribution in [1.29, 1.82) is 0 Å². The minimum absolute atomic E-state index is 1.32. The number of hydrogen-bond acceptors (Lipinski definition) is 1. The van der Waals surface area contributed by atoms with E-state index in [4.69, 9.17) is 0 Å². The van der Waals surface area contributed by atoms with Gasteiger partial charge in [-0.3, -0.25) is 0 Å². The van der Waals surface area contributed by atoms with Crippen molar-refractivity contribution in [3.63, 3.8) is 0 Å². The van der Waals surface area contributed by atoms with Crippen molar-refractivity contribution in [1.82, 2.24) is 4.90 Å². The summed E-state index contributed by atoms with van der Waals surface area (Å²) in [5.41, 5.74) is 0. The van der Waals surface area contributed by atoms with Crippen LogP contribution in [0.2, 0.25) is 0 Å². The van der Waals surface area contributed by atoms with Gasteiger partial charge in [-0.1, -0.05) is 54.4 Å². The molecule has 0 atom stereocenters. The van der Waals surface area contributed by atoms with Crippen molar-refractivity contribution in [2.75, 3.05) is 21.1 Å². The highest BCUT2D eigenvalue weighted by Crippen LogP contribution is 1.76. The topological polar surface area (TPSA) is 3.24 Å². The Morgan fingerprint density at radius 3 is 0.750 bits per heavy atom. The molecule has 0 aliphatic heterocycles. The maximum Gasteiger partial charge on any atom is -0.0140 e. The highest BCUT2D eigenvalue weighted by atomic mass is 15.0. The molecule has 0 spiro atoms. The molecule has 0 heterocycles. The predicted molar refractivity (Wildman–Crippen MR) is 62.9 cm³/mol. The van der Waals surface area contributed by atoms with E-state index in [0.717, 1.165) is 0 Å². The second-order valence-corrected chi connectivity index (χ2v) is 2.34. The quantitative estimate of drug-likeness (QED) is 0.584. The van der Waals surface area contributed by atoms with Gasteiger partial charge in [0.05, 0.1) is 0 Å². The van der Waals surface area contributed by atoms with Gasteiger partial charge in [-0.2, -0.15) is 0 Å². The second kappa shape index (κ2) is 44.2. The molecule has 0 fully saturated rings. The van der Waals surface area contributed by atoms with Gasteiger partial charge >= 0.3 is 0 Å². The Bertz CT molecular complexity index is 21.4. The van der Waals surface area contributed by atoms with Crippen molar-refractivity contribution in [2.24, 2.45) is 0 Å². The van der Waals surface area contributed by atoms with Gasteiger partial charge in [0, 0.05) is 0 Å². The first-order valence-electron chi connectivity index (χ1n) is 5.26. The van der Waals surface area contributed by atoms with Crippen LogP contribution in [0.4, 0.5) is 0 Å². The van der Waals surface area contributed by atoms with Gasteiger partial charge < -0.3 is 4.90 Å². The molecule has 0 unspecified atom stereocenters. The van der Waals surface area contributed by atoms with Crippen LogP contribution in [0, 0.1) is 0 Å². The Kier molecular flexibility index (Phi) is 83.5. The molecular weight excluding hydrogens is 146 g/mol. The molecule has 0 rings (SSSR count). The molecule has 0 aliphatic carbocycles. The first kappa shape index (κ1) is 22.7. The van der Waals surface area contributed by atoms with Crippen LogP contribution in [0.25, 0.3) is 0 Å². The van der Waals surface area contributed by atoms with Crippen LogP contribution in [0.5, 0.6) is 0 Å². The lowest BCUT2D eigenvalue weighted by molar-refractivity contribution is 0.505. The van der Waals surface area contributed by atoms with Gasteiger partial charge in [0.2, 0.25) is 0 Å². The summed E-state index contributed by atoms with van der Waals surface area (Å²) < 4.78 is 0. The Morgan fingerprint density at radius 2 is 0.750 bits per heavy atom. The summed E-state index contributed by atoms with van der Waals surface area (Å²) in [5, 5.41) is 0. The molecule has 0 N–H and O–H groups in total. The average molecular weight is 177 g/mol. The largest absolute Gasteiger partial charge is 0.312 e. The van der Waals surface area contributed by atoms with Crippen molar-refractivity contribution >= 4 is 0 Å². The van der Waals surface area contributed by atoms with E-state index in [1.807, 2.05) is 53.7 Å². The summed E-state index contributed by atoms with van der Waals surface area (Å²) in [6.45, 7) is 12.4. The van der Waals surface area contributed by atoms with Gasteiger partial charge in [0.1, 0.15) is 0 Å². The lowest BCUT2D eigenvalue weighted by Crippen LogP contribution is -1.99. The fourth-order valence-corrected chi connectivity index (χ4v) is 0. The molecule has 0 aromatic heterocycles.